The maximum atomic E-state index is 13.1. The number of pyridine rings is 1. The third kappa shape index (κ3) is 5.24. The Morgan fingerprint density at radius 2 is 1.94 bits per heavy atom. The lowest BCUT2D eigenvalue weighted by Crippen LogP contribution is -2.42. The van der Waals surface area contributed by atoms with Crippen LogP contribution in [-0.4, -0.2) is 45.5 Å². The SMILES string of the molecule is CC(C)(CO)c1cc(Cl)c(CC(=O)Cc2ccnc(C(=O)NC3(C(F)F)CC3)c2)cc1O. The van der Waals surface area contributed by atoms with Crippen molar-refractivity contribution in [3.63, 3.8) is 0 Å². The third-order valence-electron chi connectivity index (χ3n) is 5.70. The molecule has 9 heteroatoms. The number of aliphatic hydroxyl groups is 1. The van der Waals surface area contributed by atoms with Crippen LogP contribution in [0.3, 0.4) is 0 Å². The summed E-state index contributed by atoms with van der Waals surface area (Å²) in [4.78, 5) is 28.8. The number of Topliss-reactive ketones (excluding diaryl/α,β-unsaturated/α-hetero) is 1. The number of aliphatic hydroxyl groups excluding tert-OH is 1. The number of carbonyl (C=O) groups is 2. The van der Waals surface area contributed by atoms with E-state index in [1.807, 2.05) is 0 Å². The fourth-order valence-electron chi connectivity index (χ4n) is 3.40. The summed E-state index contributed by atoms with van der Waals surface area (Å²) in [5.74, 6) is -0.983. The Hall–Kier alpha value is -2.58. The van der Waals surface area contributed by atoms with Gasteiger partial charge in [0.15, 0.2) is 0 Å². The predicted octanol–water partition coefficient (Wildman–Crippen LogP) is 3.59. The molecule has 0 radical (unpaired) electrons. The van der Waals surface area contributed by atoms with E-state index in [0.717, 1.165) is 0 Å². The topological polar surface area (TPSA) is 99.5 Å². The highest BCUT2D eigenvalue weighted by Gasteiger charge is 2.52. The number of alkyl halides is 2. The lowest BCUT2D eigenvalue weighted by molar-refractivity contribution is -0.117. The molecule has 2 aromatic rings. The Morgan fingerprint density at radius 1 is 1.25 bits per heavy atom. The number of aromatic hydroxyl groups is 1. The molecule has 1 heterocycles. The van der Waals surface area contributed by atoms with Gasteiger partial charge in [-0.1, -0.05) is 25.4 Å². The molecular weight excluding hydrogens is 442 g/mol. The van der Waals surface area contributed by atoms with Gasteiger partial charge in [-0.05, 0) is 48.2 Å². The number of rotatable bonds is 9. The fraction of sp³-hybridized carbons (Fsp3) is 0.435. The molecule has 0 unspecified atom stereocenters. The lowest BCUT2D eigenvalue weighted by atomic mass is 9.84. The van der Waals surface area contributed by atoms with Crippen LogP contribution in [0.5, 0.6) is 5.75 Å². The van der Waals surface area contributed by atoms with Gasteiger partial charge in [-0.15, -0.1) is 0 Å². The normalized spacial score (nSPS) is 15.0. The number of amides is 1. The number of hydrogen-bond acceptors (Lipinski definition) is 5. The van der Waals surface area contributed by atoms with E-state index in [1.165, 1.54) is 18.3 Å². The maximum absolute atomic E-state index is 13.1. The molecule has 172 valence electrons. The van der Waals surface area contributed by atoms with Crippen molar-refractivity contribution in [2.45, 2.75) is 56.9 Å². The molecule has 0 spiro atoms. The lowest BCUT2D eigenvalue weighted by Gasteiger charge is -2.24. The van der Waals surface area contributed by atoms with E-state index in [-0.39, 0.29) is 49.5 Å². The summed E-state index contributed by atoms with van der Waals surface area (Å²) in [5, 5.41) is 22.5. The van der Waals surface area contributed by atoms with Gasteiger partial charge in [0.1, 0.15) is 22.8 Å². The molecule has 1 aromatic heterocycles. The van der Waals surface area contributed by atoms with Gasteiger partial charge in [-0.2, -0.15) is 0 Å². The number of hydrogen-bond donors (Lipinski definition) is 3. The summed E-state index contributed by atoms with van der Waals surface area (Å²) < 4.78 is 26.1. The minimum Gasteiger partial charge on any atom is -0.508 e. The molecular formula is C23H25ClF2N2O4. The summed E-state index contributed by atoms with van der Waals surface area (Å²) in [7, 11) is 0. The molecule has 1 saturated carbocycles. The van der Waals surface area contributed by atoms with E-state index < -0.39 is 23.3 Å². The van der Waals surface area contributed by atoms with E-state index >= 15 is 0 Å². The van der Waals surface area contributed by atoms with E-state index in [2.05, 4.69) is 10.3 Å². The zero-order chi connectivity index (χ0) is 23.7. The summed E-state index contributed by atoms with van der Waals surface area (Å²) in [5.41, 5.74) is -0.785. The molecule has 0 saturated heterocycles. The number of ketones is 1. The van der Waals surface area contributed by atoms with Crippen molar-refractivity contribution in [1.82, 2.24) is 10.3 Å². The minimum atomic E-state index is -2.65. The summed E-state index contributed by atoms with van der Waals surface area (Å²) in [6, 6.07) is 5.93. The number of aromatic nitrogens is 1. The number of phenols is 1. The van der Waals surface area contributed by atoms with Crippen molar-refractivity contribution in [2.24, 2.45) is 0 Å². The van der Waals surface area contributed by atoms with Crippen LogP contribution < -0.4 is 5.32 Å². The van der Waals surface area contributed by atoms with Gasteiger partial charge in [-0.25, -0.2) is 8.78 Å². The Bertz CT molecular complexity index is 1040. The van der Waals surface area contributed by atoms with Crippen LogP contribution in [-0.2, 0) is 23.1 Å². The highest BCUT2D eigenvalue weighted by Crippen LogP contribution is 2.41. The number of halogens is 3. The Labute approximate surface area is 189 Å². The van der Waals surface area contributed by atoms with Crippen molar-refractivity contribution in [2.75, 3.05) is 6.61 Å². The zero-order valence-corrected chi connectivity index (χ0v) is 18.5. The van der Waals surface area contributed by atoms with Crippen molar-refractivity contribution in [3.8, 4) is 5.75 Å². The Balaban J connectivity index is 1.69. The second-order valence-electron chi connectivity index (χ2n) is 8.86. The molecule has 0 bridgehead atoms. The van der Waals surface area contributed by atoms with Gasteiger partial charge < -0.3 is 15.5 Å². The number of phenolic OH excluding ortho intramolecular Hbond substituents is 1. The molecule has 1 aromatic carbocycles. The molecule has 1 aliphatic rings. The highest BCUT2D eigenvalue weighted by atomic mass is 35.5. The van der Waals surface area contributed by atoms with Gasteiger partial charge in [-0.3, -0.25) is 14.6 Å². The monoisotopic (exact) mass is 466 g/mol. The molecule has 32 heavy (non-hydrogen) atoms. The van der Waals surface area contributed by atoms with Crippen LogP contribution >= 0.6 is 11.6 Å². The first-order valence-corrected chi connectivity index (χ1v) is 10.6. The highest BCUT2D eigenvalue weighted by molar-refractivity contribution is 6.31. The van der Waals surface area contributed by atoms with Crippen LogP contribution in [0, 0.1) is 0 Å². The quantitative estimate of drug-likeness (QED) is 0.524. The van der Waals surface area contributed by atoms with Crippen LogP contribution in [0.2, 0.25) is 5.02 Å². The number of carbonyl (C=O) groups excluding carboxylic acids is 2. The van der Waals surface area contributed by atoms with Crippen LogP contribution in [0.1, 0.15) is 53.9 Å². The van der Waals surface area contributed by atoms with Crippen molar-refractivity contribution in [1.29, 1.82) is 0 Å². The largest absolute Gasteiger partial charge is 0.508 e. The number of nitrogens with one attached hydrogen (secondary N) is 1. The van der Waals surface area contributed by atoms with Gasteiger partial charge >= 0.3 is 0 Å². The molecule has 1 aliphatic carbocycles. The molecule has 3 N–H and O–H groups in total. The second-order valence-corrected chi connectivity index (χ2v) is 9.26. The van der Waals surface area contributed by atoms with Crippen molar-refractivity contribution >= 4 is 23.3 Å². The maximum Gasteiger partial charge on any atom is 0.270 e. The van der Waals surface area contributed by atoms with Crippen molar-refractivity contribution in [3.05, 3.63) is 57.9 Å². The first-order valence-electron chi connectivity index (χ1n) is 10.2. The smallest absolute Gasteiger partial charge is 0.270 e. The van der Waals surface area contributed by atoms with Gasteiger partial charge in [0.25, 0.3) is 12.3 Å². The summed E-state index contributed by atoms with van der Waals surface area (Å²) in [6.45, 7) is 3.32. The molecule has 1 fully saturated rings. The Kier molecular flexibility index (Phi) is 6.86. The molecule has 0 aliphatic heterocycles. The Morgan fingerprint density at radius 3 is 2.53 bits per heavy atom. The van der Waals surface area contributed by atoms with Crippen LogP contribution in [0.4, 0.5) is 8.78 Å². The zero-order valence-electron chi connectivity index (χ0n) is 17.8. The average molecular weight is 467 g/mol. The van der Waals surface area contributed by atoms with Gasteiger partial charge in [0.2, 0.25) is 0 Å². The van der Waals surface area contributed by atoms with E-state index in [4.69, 9.17) is 11.6 Å². The molecule has 0 atom stereocenters. The molecule has 6 nitrogen and oxygen atoms in total. The first-order chi connectivity index (χ1) is 15.0. The van der Waals surface area contributed by atoms with Gasteiger partial charge in [0, 0.05) is 35.0 Å². The summed E-state index contributed by atoms with van der Waals surface area (Å²) >= 11 is 6.30. The van der Waals surface area contributed by atoms with Crippen LogP contribution in [0.25, 0.3) is 0 Å². The third-order valence-corrected chi connectivity index (χ3v) is 6.06. The van der Waals surface area contributed by atoms with Crippen LogP contribution in [0.15, 0.2) is 30.5 Å². The average Bonchev–Trinajstić information content (AvgIpc) is 3.51. The number of benzene rings is 1. The fourth-order valence-corrected chi connectivity index (χ4v) is 3.63. The minimum absolute atomic E-state index is 0.0240. The standard InChI is InChI=1S/C23H25ClF2N2O4/c1-22(2,12-29)16-11-17(24)14(10-19(16)31)9-15(30)7-13-3-6-27-18(8-13)20(32)28-23(4-5-23)21(25)26/h3,6,8,10-11,21,29,31H,4-5,7,9,12H2,1-2H3,(H,28,32). The molecule has 1 amide bonds. The van der Waals surface area contributed by atoms with E-state index in [9.17, 15) is 28.6 Å². The second kappa shape index (κ2) is 9.11. The number of nitrogens with zero attached hydrogens (tertiary/aromatic N) is 1. The summed E-state index contributed by atoms with van der Waals surface area (Å²) in [6.07, 6.45) is -0.933. The van der Waals surface area contributed by atoms with E-state index in [1.54, 1.807) is 26.0 Å². The predicted molar refractivity (Wildman–Crippen MR) is 115 cm³/mol. The molecule has 3 rings (SSSR count). The van der Waals surface area contributed by atoms with Gasteiger partial charge in [0.05, 0.1) is 6.61 Å². The first kappa shape index (κ1) is 24.1. The van der Waals surface area contributed by atoms with Crippen molar-refractivity contribution < 1.29 is 28.6 Å². The van der Waals surface area contributed by atoms with E-state index in [0.29, 0.717) is 21.7 Å².